The van der Waals surface area contributed by atoms with Crippen LogP contribution in [0.25, 0.3) is 0 Å². The first-order chi connectivity index (χ1) is 11.8. The van der Waals surface area contributed by atoms with E-state index in [0.717, 1.165) is 19.3 Å². The van der Waals surface area contributed by atoms with Gasteiger partial charge in [-0.2, -0.15) is 0 Å². The van der Waals surface area contributed by atoms with Crippen LogP contribution in [0.2, 0.25) is 0 Å². The highest BCUT2D eigenvalue weighted by atomic mass is 16.6. The van der Waals surface area contributed by atoms with Gasteiger partial charge in [0.15, 0.2) is 0 Å². The van der Waals surface area contributed by atoms with Crippen molar-refractivity contribution in [2.75, 3.05) is 6.54 Å². The van der Waals surface area contributed by atoms with Gasteiger partial charge in [-0.15, -0.1) is 0 Å². The molecule has 1 N–H and O–H groups in total. The molecule has 1 fully saturated rings. The van der Waals surface area contributed by atoms with E-state index in [1.807, 2.05) is 40.7 Å². The summed E-state index contributed by atoms with van der Waals surface area (Å²) in [5.41, 5.74) is 0.800. The summed E-state index contributed by atoms with van der Waals surface area (Å²) in [4.78, 5) is 14.1. The summed E-state index contributed by atoms with van der Waals surface area (Å²) in [5, 5.41) is 10.1. The Labute approximate surface area is 153 Å². The lowest BCUT2D eigenvalue weighted by Gasteiger charge is -2.41. The average molecular weight is 350 g/mol. The molecule has 1 saturated heterocycles. The molecule has 0 saturated carbocycles. The van der Waals surface area contributed by atoms with E-state index in [1.165, 1.54) is 5.56 Å². The van der Waals surface area contributed by atoms with E-state index in [1.54, 1.807) is 11.8 Å². The summed E-state index contributed by atoms with van der Waals surface area (Å²) in [6.07, 6.45) is 1.87. The number of rotatable bonds is 3. The first kappa shape index (κ1) is 21.5. The Morgan fingerprint density at radius 2 is 1.88 bits per heavy atom. The number of piperidine rings is 1. The maximum absolute atomic E-state index is 12.4. The number of amides is 1. The fourth-order valence-electron chi connectivity index (χ4n) is 3.21. The second kappa shape index (κ2) is 9.81. The number of hydrogen-bond donors (Lipinski definition) is 1. The van der Waals surface area contributed by atoms with Crippen molar-refractivity contribution in [1.82, 2.24) is 4.90 Å². The third kappa shape index (κ3) is 7.07. The van der Waals surface area contributed by atoms with Crippen molar-refractivity contribution in [2.45, 2.75) is 78.6 Å². The maximum atomic E-state index is 12.4. The quantitative estimate of drug-likeness (QED) is 0.864. The summed E-state index contributed by atoms with van der Waals surface area (Å²) in [5.74, 6) is 0.482. The number of ether oxygens (including phenoxy) is 1. The Balaban J connectivity index is 0.00000151. The van der Waals surface area contributed by atoms with Crippen LogP contribution in [0.4, 0.5) is 4.79 Å². The van der Waals surface area contributed by atoms with E-state index >= 15 is 0 Å². The van der Waals surface area contributed by atoms with Crippen molar-refractivity contribution in [3.63, 3.8) is 0 Å². The summed E-state index contributed by atoms with van der Waals surface area (Å²) < 4.78 is 5.49. The lowest BCUT2D eigenvalue weighted by Crippen LogP contribution is -2.52. The Hall–Kier alpha value is -1.55. The Morgan fingerprint density at radius 3 is 2.40 bits per heavy atom. The number of carbonyl (C=O) groups excluding carboxylic acids is 1. The fraction of sp³-hybridized carbons (Fsp3) is 0.667. The van der Waals surface area contributed by atoms with Crippen LogP contribution in [0.15, 0.2) is 30.3 Å². The van der Waals surface area contributed by atoms with Crippen LogP contribution in [0.3, 0.4) is 0 Å². The standard InChI is InChI=1S/C19H29NO3.C2H6/c1-14(21)17-13-16(12-15-8-6-5-7-9-15)10-11-20(17)18(22)23-19(2,3)4;1-2/h5-9,14,16-17,21H,10-13H2,1-4H3;1-2H3/t14-,16+,17?;/m0./s1. The zero-order chi connectivity index (χ0) is 19.0. The van der Waals surface area contributed by atoms with E-state index in [4.69, 9.17) is 4.74 Å². The number of benzene rings is 1. The van der Waals surface area contributed by atoms with Crippen LogP contribution in [0, 0.1) is 5.92 Å². The molecule has 0 bridgehead atoms. The van der Waals surface area contributed by atoms with E-state index in [-0.39, 0.29) is 12.1 Å². The third-order valence-electron chi connectivity index (χ3n) is 4.31. The molecule has 1 aliphatic rings. The maximum Gasteiger partial charge on any atom is 0.410 e. The molecule has 4 nitrogen and oxygen atoms in total. The lowest BCUT2D eigenvalue weighted by molar-refractivity contribution is -0.0205. The van der Waals surface area contributed by atoms with Crippen LogP contribution in [0.5, 0.6) is 0 Å². The Morgan fingerprint density at radius 1 is 1.28 bits per heavy atom. The first-order valence-electron chi connectivity index (χ1n) is 9.48. The molecule has 3 atom stereocenters. The Kier molecular flexibility index (Phi) is 8.43. The van der Waals surface area contributed by atoms with E-state index < -0.39 is 11.7 Å². The minimum atomic E-state index is -0.555. The number of hydrogen-bond acceptors (Lipinski definition) is 3. The predicted molar refractivity (Wildman–Crippen MR) is 103 cm³/mol. The van der Waals surface area contributed by atoms with Gasteiger partial charge < -0.3 is 14.7 Å². The number of aliphatic hydroxyl groups excluding tert-OH is 1. The molecule has 1 unspecified atom stereocenters. The summed E-state index contributed by atoms with van der Waals surface area (Å²) in [6.45, 7) is 12.0. The molecule has 25 heavy (non-hydrogen) atoms. The topological polar surface area (TPSA) is 49.8 Å². The molecule has 1 aromatic carbocycles. The molecule has 142 valence electrons. The number of likely N-dealkylation sites (tertiary alicyclic amines) is 1. The van der Waals surface area contributed by atoms with Gasteiger partial charge >= 0.3 is 6.09 Å². The molecule has 1 heterocycles. The van der Waals surface area contributed by atoms with Crippen molar-refractivity contribution in [3.05, 3.63) is 35.9 Å². The molecule has 2 rings (SSSR count). The summed E-state index contributed by atoms with van der Waals surface area (Å²) >= 11 is 0. The highest BCUT2D eigenvalue weighted by molar-refractivity contribution is 5.68. The molecule has 0 radical (unpaired) electrons. The number of nitrogens with zero attached hydrogens (tertiary/aromatic N) is 1. The average Bonchev–Trinajstić information content (AvgIpc) is 2.56. The monoisotopic (exact) mass is 349 g/mol. The Bertz CT molecular complexity index is 508. The van der Waals surface area contributed by atoms with Gasteiger partial charge in [0, 0.05) is 6.54 Å². The van der Waals surface area contributed by atoms with Crippen molar-refractivity contribution in [1.29, 1.82) is 0 Å². The predicted octanol–water partition coefficient (Wildman–Crippen LogP) is 4.65. The van der Waals surface area contributed by atoms with Gasteiger partial charge in [0.2, 0.25) is 0 Å². The number of aliphatic hydroxyl groups is 1. The van der Waals surface area contributed by atoms with Gasteiger partial charge in [0.25, 0.3) is 0 Å². The van der Waals surface area contributed by atoms with Crippen LogP contribution in [-0.2, 0) is 11.2 Å². The molecule has 1 aromatic rings. The van der Waals surface area contributed by atoms with Gasteiger partial charge in [0.05, 0.1) is 12.1 Å². The third-order valence-corrected chi connectivity index (χ3v) is 4.31. The molecule has 0 spiro atoms. The smallest absolute Gasteiger partial charge is 0.410 e. The SMILES string of the molecule is CC.C[C@H](O)C1C[C@@H](Cc2ccccc2)CCN1C(=O)OC(C)(C)C. The van der Waals surface area contributed by atoms with Crippen LogP contribution >= 0.6 is 0 Å². The second-order valence-corrected chi connectivity index (χ2v) is 7.56. The molecule has 0 aliphatic carbocycles. The van der Waals surface area contributed by atoms with E-state index in [9.17, 15) is 9.90 Å². The summed E-state index contributed by atoms with van der Waals surface area (Å²) in [6, 6.07) is 10.2. The normalized spacial score (nSPS) is 21.8. The minimum Gasteiger partial charge on any atom is -0.444 e. The number of carbonyl (C=O) groups is 1. The second-order valence-electron chi connectivity index (χ2n) is 7.56. The van der Waals surface area contributed by atoms with Gasteiger partial charge in [0.1, 0.15) is 5.60 Å². The van der Waals surface area contributed by atoms with Gasteiger partial charge in [-0.3, -0.25) is 0 Å². The van der Waals surface area contributed by atoms with Crippen LogP contribution in [-0.4, -0.2) is 40.4 Å². The minimum absolute atomic E-state index is 0.174. The van der Waals surface area contributed by atoms with Gasteiger partial charge in [-0.05, 0) is 58.4 Å². The van der Waals surface area contributed by atoms with Crippen LogP contribution < -0.4 is 0 Å². The van der Waals surface area contributed by atoms with Crippen molar-refractivity contribution >= 4 is 6.09 Å². The zero-order valence-corrected chi connectivity index (χ0v) is 16.7. The van der Waals surface area contributed by atoms with Crippen LogP contribution in [0.1, 0.15) is 59.9 Å². The fourth-order valence-corrected chi connectivity index (χ4v) is 3.21. The largest absolute Gasteiger partial charge is 0.444 e. The zero-order valence-electron chi connectivity index (χ0n) is 16.7. The molecule has 1 amide bonds. The van der Waals surface area contributed by atoms with Crippen molar-refractivity contribution < 1.29 is 14.6 Å². The molecular formula is C21H35NO3. The van der Waals surface area contributed by atoms with E-state index in [2.05, 4.69) is 24.3 Å². The van der Waals surface area contributed by atoms with Gasteiger partial charge in [-0.25, -0.2) is 4.79 Å². The van der Waals surface area contributed by atoms with E-state index in [0.29, 0.717) is 12.5 Å². The van der Waals surface area contributed by atoms with Crippen molar-refractivity contribution in [2.24, 2.45) is 5.92 Å². The molecular weight excluding hydrogens is 314 g/mol. The highest BCUT2D eigenvalue weighted by Crippen LogP contribution is 2.29. The molecule has 0 aromatic heterocycles. The van der Waals surface area contributed by atoms with Crippen molar-refractivity contribution in [3.8, 4) is 0 Å². The highest BCUT2D eigenvalue weighted by Gasteiger charge is 2.36. The summed E-state index contributed by atoms with van der Waals surface area (Å²) in [7, 11) is 0. The molecule has 4 heteroatoms. The molecule has 1 aliphatic heterocycles. The van der Waals surface area contributed by atoms with Gasteiger partial charge in [-0.1, -0.05) is 44.2 Å². The first-order valence-corrected chi connectivity index (χ1v) is 9.48. The lowest BCUT2D eigenvalue weighted by atomic mass is 9.84.